The van der Waals surface area contributed by atoms with Crippen molar-refractivity contribution >= 4 is 21.2 Å². The number of hydrogen-bond acceptors (Lipinski definition) is 6. The largest absolute Gasteiger partial charge is 0.378 e. The molecule has 2 N–H and O–H groups in total. The van der Waals surface area contributed by atoms with Crippen molar-refractivity contribution in [3.8, 4) is 0 Å². The van der Waals surface area contributed by atoms with Crippen molar-refractivity contribution in [2.45, 2.75) is 17.9 Å². The molecule has 0 radical (unpaired) electrons. The van der Waals surface area contributed by atoms with E-state index in [1.807, 2.05) is 6.92 Å². The first-order chi connectivity index (χ1) is 8.77. The predicted molar refractivity (Wildman–Crippen MR) is 73.2 cm³/mol. The van der Waals surface area contributed by atoms with Crippen LogP contribution in [-0.2, 0) is 9.84 Å². The maximum absolute atomic E-state index is 11.6. The molecule has 0 aromatic heterocycles. The first-order valence-corrected chi connectivity index (χ1v) is 7.55. The fourth-order valence-corrected chi connectivity index (χ4v) is 2.38. The highest BCUT2D eigenvalue weighted by molar-refractivity contribution is 7.90. The molecular weight excluding hydrogens is 270 g/mol. The lowest BCUT2D eigenvalue weighted by Crippen LogP contribution is -2.29. The number of sulfone groups is 1. The Balaban J connectivity index is 3.22. The Hall–Kier alpha value is -1.67. The lowest BCUT2D eigenvalue weighted by atomic mass is 10.2. The second kappa shape index (κ2) is 5.98. The summed E-state index contributed by atoms with van der Waals surface area (Å²) in [6.07, 6.45) is 0.954. The lowest BCUT2D eigenvalue weighted by molar-refractivity contribution is -0.386. The highest BCUT2D eigenvalue weighted by Crippen LogP contribution is 2.31. The Morgan fingerprint density at radius 2 is 2.05 bits per heavy atom. The number of likely N-dealkylation sites (N-methyl/N-ethyl adjacent to an activating group) is 1. The van der Waals surface area contributed by atoms with Crippen molar-refractivity contribution < 1.29 is 13.3 Å². The zero-order chi connectivity index (χ0) is 14.6. The summed E-state index contributed by atoms with van der Waals surface area (Å²) < 4.78 is 23.1. The second-order valence-corrected chi connectivity index (χ2v) is 6.24. The monoisotopic (exact) mass is 287 g/mol. The van der Waals surface area contributed by atoms with Crippen LogP contribution in [0, 0.1) is 10.1 Å². The van der Waals surface area contributed by atoms with Gasteiger partial charge in [0.15, 0.2) is 9.84 Å². The van der Waals surface area contributed by atoms with E-state index >= 15 is 0 Å². The summed E-state index contributed by atoms with van der Waals surface area (Å²) in [5, 5.41) is 17.0. The van der Waals surface area contributed by atoms with E-state index in [-0.39, 0.29) is 16.6 Å². The van der Waals surface area contributed by atoms with E-state index in [4.69, 9.17) is 0 Å². The van der Waals surface area contributed by atoms with Crippen LogP contribution in [0.1, 0.15) is 6.92 Å². The molecule has 7 nitrogen and oxygen atoms in total. The standard InChI is InChI=1S/C11H17N3O4S/c1-8(12-2)7-13-9-5-4-6-10(19(3,17)18)11(9)14(15)16/h4-6,8,12-13H,7H2,1-3H3. The third-order valence-electron chi connectivity index (χ3n) is 2.67. The molecule has 0 bridgehead atoms. The first-order valence-electron chi connectivity index (χ1n) is 5.66. The minimum absolute atomic E-state index is 0.0986. The third-order valence-corrected chi connectivity index (χ3v) is 3.80. The summed E-state index contributed by atoms with van der Waals surface area (Å²) >= 11 is 0. The number of nitro groups is 1. The highest BCUT2D eigenvalue weighted by atomic mass is 32.2. The molecule has 1 aromatic rings. The summed E-state index contributed by atoms with van der Waals surface area (Å²) in [7, 11) is -1.87. The van der Waals surface area contributed by atoms with Gasteiger partial charge in [0.05, 0.1) is 4.92 Å². The lowest BCUT2D eigenvalue weighted by Gasteiger charge is -2.13. The molecule has 0 saturated heterocycles. The van der Waals surface area contributed by atoms with E-state index in [1.54, 1.807) is 7.05 Å². The average Bonchev–Trinajstić information content (AvgIpc) is 2.34. The van der Waals surface area contributed by atoms with Crippen LogP contribution in [0.3, 0.4) is 0 Å². The van der Waals surface area contributed by atoms with Crippen LogP contribution in [0.25, 0.3) is 0 Å². The topological polar surface area (TPSA) is 101 Å². The molecule has 0 fully saturated rings. The van der Waals surface area contributed by atoms with Gasteiger partial charge in [0.1, 0.15) is 10.6 Å². The third kappa shape index (κ3) is 3.90. The van der Waals surface area contributed by atoms with Gasteiger partial charge in [-0.25, -0.2) is 8.42 Å². The molecule has 0 aliphatic heterocycles. The molecule has 106 valence electrons. The maximum atomic E-state index is 11.6. The molecule has 0 amide bonds. The van der Waals surface area contributed by atoms with Gasteiger partial charge in [-0.2, -0.15) is 0 Å². The normalized spacial score (nSPS) is 13.0. The SMILES string of the molecule is CNC(C)CNc1cccc(S(C)(=O)=O)c1[N+](=O)[O-]. The van der Waals surface area contributed by atoms with E-state index in [2.05, 4.69) is 10.6 Å². The summed E-state index contributed by atoms with van der Waals surface area (Å²) in [6, 6.07) is 4.31. The van der Waals surface area contributed by atoms with Crippen LogP contribution in [0.4, 0.5) is 11.4 Å². The van der Waals surface area contributed by atoms with Crippen LogP contribution in [-0.4, -0.2) is 39.2 Å². The van der Waals surface area contributed by atoms with Crippen molar-refractivity contribution in [1.29, 1.82) is 0 Å². The van der Waals surface area contributed by atoms with E-state index < -0.39 is 20.4 Å². The Labute approximate surface area is 112 Å². The number of benzene rings is 1. The minimum atomic E-state index is -3.64. The quantitative estimate of drug-likeness (QED) is 0.598. The molecule has 8 heteroatoms. The summed E-state index contributed by atoms with van der Waals surface area (Å²) in [4.78, 5) is 10.1. The van der Waals surface area contributed by atoms with Crippen molar-refractivity contribution in [1.82, 2.24) is 5.32 Å². The number of anilines is 1. The Bertz CT molecular complexity index is 571. The fraction of sp³-hybridized carbons (Fsp3) is 0.455. The number of nitrogens with one attached hydrogen (secondary N) is 2. The van der Waals surface area contributed by atoms with Gasteiger partial charge in [-0.1, -0.05) is 6.07 Å². The second-order valence-electron chi connectivity index (χ2n) is 4.25. The molecular formula is C11H17N3O4S. The smallest absolute Gasteiger partial charge is 0.310 e. The molecule has 1 atom stereocenters. The van der Waals surface area contributed by atoms with Crippen molar-refractivity contribution in [2.24, 2.45) is 0 Å². The summed E-state index contributed by atoms with van der Waals surface area (Å²) in [5.74, 6) is 0. The Kier molecular flexibility index (Phi) is 4.84. The fourth-order valence-electron chi connectivity index (χ4n) is 1.52. The molecule has 1 unspecified atom stereocenters. The van der Waals surface area contributed by atoms with Crippen LogP contribution in [0.5, 0.6) is 0 Å². The molecule has 0 aliphatic rings. The van der Waals surface area contributed by atoms with Gasteiger partial charge < -0.3 is 10.6 Å². The Morgan fingerprint density at radius 3 is 2.53 bits per heavy atom. The molecule has 0 aliphatic carbocycles. The van der Waals surface area contributed by atoms with E-state index in [9.17, 15) is 18.5 Å². The summed E-state index contributed by atoms with van der Waals surface area (Å²) in [6.45, 7) is 2.35. The zero-order valence-corrected chi connectivity index (χ0v) is 11.8. The number of rotatable bonds is 6. The number of hydrogen-bond donors (Lipinski definition) is 2. The van der Waals surface area contributed by atoms with Crippen LogP contribution < -0.4 is 10.6 Å². The van der Waals surface area contributed by atoms with Gasteiger partial charge >= 0.3 is 5.69 Å². The number of para-hydroxylation sites is 1. The first kappa shape index (κ1) is 15.4. The van der Waals surface area contributed by atoms with Gasteiger partial charge in [-0.15, -0.1) is 0 Å². The van der Waals surface area contributed by atoms with Gasteiger partial charge in [0.2, 0.25) is 0 Å². The average molecular weight is 287 g/mol. The number of nitrogens with zero attached hydrogens (tertiary/aromatic N) is 1. The molecule has 0 spiro atoms. The van der Waals surface area contributed by atoms with Gasteiger partial charge in [-0.05, 0) is 26.1 Å². The number of nitro benzene ring substituents is 1. The van der Waals surface area contributed by atoms with Crippen molar-refractivity contribution in [3.05, 3.63) is 28.3 Å². The Morgan fingerprint density at radius 1 is 1.42 bits per heavy atom. The van der Waals surface area contributed by atoms with E-state index in [1.165, 1.54) is 18.2 Å². The highest BCUT2D eigenvalue weighted by Gasteiger charge is 2.25. The van der Waals surface area contributed by atoms with Crippen molar-refractivity contribution in [3.63, 3.8) is 0 Å². The van der Waals surface area contributed by atoms with Gasteiger partial charge in [-0.3, -0.25) is 10.1 Å². The van der Waals surface area contributed by atoms with Crippen LogP contribution in [0.15, 0.2) is 23.1 Å². The van der Waals surface area contributed by atoms with E-state index in [0.717, 1.165) is 6.26 Å². The molecule has 0 saturated carbocycles. The molecule has 1 aromatic carbocycles. The van der Waals surface area contributed by atoms with Crippen LogP contribution >= 0.6 is 0 Å². The van der Waals surface area contributed by atoms with Crippen molar-refractivity contribution in [2.75, 3.05) is 25.2 Å². The molecule has 1 rings (SSSR count). The van der Waals surface area contributed by atoms with Crippen LogP contribution in [0.2, 0.25) is 0 Å². The van der Waals surface area contributed by atoms with Gasteiger partial charge in [0.25, 0.3) is 0 Å². The zero-order valence-electron chi connectivity index (χ0n) is 11.0. The minimum Gasteiger partial charge on any atom is -0.378 e. The molecule has 19 heavy (non-hydrogen) atoms. The van der Waals surface area contributed by atoms with E-state index in [0.29, 0.717) is 6.54 Å². The summed E-state index contributed by atoms with van der Waals surface area (Å²) in [5.41, 5.74) is -0.205. The molecule has 0 heterocycles. The maximum Gasteiger partial charge on any atom is 0.310 e. The van der Waals surface area contributed by atoms with Gasteiger partial charge in [0, 0.05) is 18.8 Å². The predicted octanol–water partition coefficient (Wildman–Crippen LogP) is 1.02.